The molecule has 1 aliphatic heterocycles. The maximum Gasteiger partial charge on any atom is 0.406 e. The Labute approximate surface area is 153 Å². The molecule has 1 amide bonds. The predicted molar refractivity (Wildman–Crippen MR) is 89.6 cm³/mol. The van der Waals surface area contributed by atoms with Gasteiger partial charge in [0.2, 0.25) is 0 Å². The van der Waals surface area contributed by atoms with Crippen molar-refractivity contribution >= 4 is 11.9 Å². The van der Waals surface area contributed by atoms with E-state index in [-0.39, 0.29) is 17.9 Å². The van der Waals surface area contributed by atoms with Crippen molar-refractivity contribution in [2.24, 2.45) is 5.41 Å². The minimum atomic E-state index is -4.95. The molecule has 0 bridgehead atoms. The molecular weight excluding hydrogens is 363 g/mol. The molecule has 27 heavy (non-hydrogen) atoms. The third kappa shape index (κ3) is 3.47. The summed E-state index contributed by atoms with van der Waals surface area (Å²) in [7, 11) is 0. The van der Waals surface area contributed by atoms with Gasteiger partial charge in [-0.3, -0.25) is 9.59 Å². The van der Waals surface area contributed by atoms with Crippen LogP contribution in [0.25, 0.3) is 0 Å². The lowest BCUT2D eigenvalue weighted by Gasteiger charge is -2.27. The van der Waals surface area contributed by atoms with Crippen LogP contribution in [-0.4, -0.2) is 41.1 Å². The molecule has 1 unspecified atom stereocenters. The van der Waals surface area contributed by atoms with E-state index < -0.39 is 36.4 Å². The fourth-order valence-corrected chi connectivity index (χ4v) is 3.03. The van der Waals surface area contributed by atoms with Gasteiger partial charge in [-0.25, -0.2) is 0 Å². The zero-order valence-corrected chi connectivity index (χ0v) is 14.1. The van der Waals surface area contributed by atoms with Gasteiger partial charge in [-0.15, -0.1) is 0 Å². The first-order valence-electron chi connectivity index (χ1n) is 8.16. The summed E-state index contributed by atoms with van der Waals surface area (Å²) < 4.78 is 45.7. The summed E-state index contributed by atoms with van der Waals surface area (Å²) in [6.45, 7) is -1.23. The first-order chi connectivity index (χ1) is 12.7. The van der Waals surface area contributed by atoms with Crippen molar-refractivity contribution in [1.82, 2.24) is 4.90 Å². The van der Waals surface area contributed by atoms with Crippen LogP contribution in [0.3, 0.4) is 0 Å². The van der Waals surface area contributed by atoms with E-state index >= 15 is 0 Å². The number of para-hydroxylation sites is 2. The van der Waals surface area contributed by atoms with Crippen LogP contribution in [-0.2, 0) is 4.79 Å². The van der Waals surface area contributed by atoms with Gasteiger partial charge >= 0.3 is 12.1 Å². The Morgan fingerprint density at radius 2 is 1.67 bits per heavy atom. The highest BCUT2D eigenvalue weighted by Gasteiger charge is 2.64. The number of amides is 1. The van der Waals surface area contributed by atoms with Crippen LogP contribution in [0.5, 0.6) is 11.5 Å². The van der Waals surface area contributed by atoms with E-state index in [2.05, 4.69) is 0 Å². The van der Waals surface area contributed by atoms with Crippen LogP contribution in [0.2, 0.25) is 0 Å². The van der Waals surface area contributed by atoms with Gasteiger partial charge in [-0.05, 0) is 30.7 Å². The lowest BCUT2D eigenvalue weighted by Crippen LogP contribution is -2.47. The quantitative estimate of drug-likeness (QED) is 0.873. The maximum atomic E-state index is 13.3. The van der Waals surface area contributed by atoms with E-state index in [4.69, 9.17) is 9.84 Å². The number of benzene rings is 2. The molecule has 2 aromatic carbocycles. The SMILES string of the molecule is O=C(c1ccccc1Oc1ccccc1)N1CCC(C(=O)O)(C(F)(F)F)C1. The van der Waals surface area contributed by atoms with E-state index in [1.807, 2.05) is 0 Å². The van der Waals surface area contributed by atoms with E-state index in [1.165, 1.54) is 12.1 Å². The van der Waals surface area contributed by atoms with Gasteiger partial charge in [-0.1, -0.05) is 30.3 Å². The Hall–Kier alpha value is -3.03. The summed E-state index contributed by atoms with van der Waals surface area (Å²) in [6.07, 6.45) is -5.63. The number of hydrogen-bond acceptors (Lipinski definition) is 3. The third-order valence-electron chi connectivity index (χ3n) is 4.60. The number of ether oxygens (including phenoxy) is 1. The van der Waals surface area contributed by atoms with Crippen LogP contribution < -0.4 is 4.74 Å². The summed E-state index contributed by atoms with van der Waals surface area (Å²) in [6, 6.07) is 14.8. The van der Waals surface area contributed by atoms with Crippen LogP contribution in [0.15, 0.2) is 54.6 Å². The molecule has 2 aromatic rings. The molecule has 1 saturated heterocycles. The Bertz CT molecular complexity index is 854. The summed E-state index contributed by atoms with van der Waals surface area (Å²) >= 11 is 0. The van der Waals surface area contributed by atoms with Crippen LogP contribution >= 0.6 is 0 Å². The molecule has 0 spiro atoms. The van der Waals surface area contributed by atoms with E-state index in [0.29, 0.717) is 5.75 Å². The number of carboxylic acids is 1. The molecule has 1 atom stereocenters. The number of carbonyl (C=O) groups is 2. The number of halogens is 3. The number of hydrogen-bond donors (Lipinski definition) is 1. The summed E-state index contributed by atoms with van der Waals surface area (Å²) in [5, 5.41) is 9.14. The fraction of sp³-hybridized carbons (Fsp3) is 0.263. The first-order valence-corrected chi connectivity index (χ1v) is 8.16. The molecule has 8 heteroatoms. The number of nitrogens with zero attached hydrogens (tertiary/aromatic N) is 1. The van der Waals surface area contributed by atoms with Crippen molar-refractivity contribution in [2.45, 2.75) is 12.6 Å². The average Bonchev–Trinajstić information content (AvgIpc) is 3.09. The van der Waals surface area contributed by atoms with Crippen molar-refractivity contribution in [2.75, 3.05) is 13.1 Å². The Morgan fingerprint density at radius 1 is 1.04 bits per heavy atom. The van der Waals surface area contributed by atoms with Gasteiger partial charge in [0.25, 0.3) is 5.91 Å². The van der Waals surface area contributed by atoms with E-state index in [1.54, 1.807) is 42.5 Å². The molecule has 0 saturated carbocycles. The molecule has 1 fully saturated rings. The number of rotatable bonds is 4. The molecule has 3 rings (SSSR count). The van der Waals surface area contributed by atoms with Gasteiger partial charge in [0.1, 0.15) is 11.5 Å². The molecule has 1 N–H and O–H groups in total. The second kappa shape index (κ2) is 6.94. The van der Waals surface area contributed by atoms with Crippen molar-refractivity contribution in [3.63, 3.8) is 0 Å². The van der Waals surface area contributed by atoms with Crippen LogP contribution in [0, 0.1) is 5.41 Å². The lowest BCUT2D eigenvalue weighted by atomic mass is 9.86. The molecule has 0 aromatic heterocycles. The maximum absolute atomic E-state index is 13.3. The van der Waals surface area contributed by atoms with Gasteiger partial charge < -0.3 is 14.7 Å². The Balaban J connectivity index is 1.86. The molecular formula is C19H16F3NO4. The molecule has 0 radical (unpaired) electrons. The minimum Gasteiger partial charge on any atom is -0.481 e. The summed E-state index contributed by atoms with van der Waals surface area (Å²) in [5.41, 5.74) is -2.87. The number of alkyl halides is 3. The Kier molecular flexibility index (Phi) is 4.82. The fourth-order valence-electron chi connectivity index (χ4n) is 3.03. The average molecular weight is 379 g/mol. The normalized spacial score (nSPS) is 19.7. The second-order valence-electron chi connectivity index (χ2n) is 6.27. The summed E-state index contributed by atoms with van der Waals surface area (Å²) in [5.74, 6) is -2.02. The topological polar surface area (TPSA) is 66.8 Å². The van der Waals surface area contributed by atoms with Crippen molar-refractivity contribution in [3.05, 3.63) is 60.2 Å². The zero-order valence-electron chi connectivity index (χ0n) is 14.1. The number of carbonyl (C=O) groups excluding carboxylic acids is 1. The van der Waals surface area contributed by atoms with Crippen molar-refractivity contribution in [3.8, 4) is 11.5 Å². The van der Waals surface area contributed by atoms with Gasteiger partial charge in [-0.2, -0.15) is 13.2 Å². The first kappa shape index (κ1) is 18.8. The highest BCUT2D eigenvalue weighted by molar-refractivity contribution is 5.97. The largest absolute Gasteiger partial charge is 0.481 e. The number of likely N-dealkylation sites (tertiary alicyclic amines) is 1. The molecule has 142 valence electrons. The van der Waals surface area contributed by atoms with E-state index in [9.17, 15) is 22.8 Å². The monoisotopic (exact) mass is 379 g/mol. The zero-order chi connectivity index (χ0) is 19.7. The van der Waals surface area contributed by atoms with Crippen molar-refractivity contribution < 1.29 is 32.6 Å². The number of aliphatic carboxylic acids is 1. The molecule has 5 nitrogen and oxygen atoms in total. The molecule has 1 aliphatic rings. The van der Waals surface area contributed by atoms with E-state index in [0.717, 1.165) is 4.90 Å². The van der Waals surface area contributed by atoms with Crippen LogP contribution in [0.1, 0.15) is 16.8 Å². The predicted octanol–water partition coefficient (Wildman–Crippen LogP) is 3.96. The third-order valence-corrected chi connectivity index (χ3v) is 4.60. The van der Waals surface area contributed by atoms with Gasteiger partial charge in [0.15, 0.2) is 5.41 Å². The van der Waals surface area contributed by atoms with Gasteiger partial charge in [0.05, 0.1) is 5.56 Å². The van der Waals surface area contributed by atoms with Crippen LogP contribution in [0.4, 0.5) is 13.2 Å². The van der Waals surface area contributed by atoms with Gasteiger partial charge in [0, 0.05) is 13.1 Å². The highest BCUT2D eigenvalue weighted by Crippen LogP contribution is 2.46. The standard InChI is InChI=1S/C19H16F3NO4/c20-19(21,22)18(17(25)26)10-11-23(12-18)16(24)14-8-4-5-9-15(14)27-13-6-2-1-3-7-13/h1-9H,10-12H2,(H,25,26). The molecule has 0 aliphatic carbocycles. The highest BCUT2D eigenvalue weighted by atomic mass is 19.4. The lowest BCUT2D eigenvalue weighted by molar-refractivity contribution is -0.227. The molecule has 1 heterocycles. The Morgan fingerprint density at radius 3 is 2.26 bits per heavy atom. The minimum absolute atomic E-state index is 0.0738. The number of carboxylic acid groups (broad SMARTS) is 1. The van der Waals surface area contributed by atoms with Crippen molar-refractivity contribution in [1.29, 1.82) is 0 Å². The summed E-state index contributed by atoms with van der Waals surface area (Å²) in [4.78, 5) is 25.0. The second-order valence-corrected chi connectivity index (χ2v) is 6.27. The smallest absolute Gasteiger partial charge is 0.406 e.